The topological polar surface area (TPSA) is 58.6 Å². The van der Waals surface area contributed by atoms with Gasteiger partial charge in [-0.25, -0.2) is 10.1 Å². The van der Waals surface area contributed by atoms with E-state index in [2.05, 4.69) is 48.3 Å². The zero-order valence-corrected chi connectivity index (χ0v) is 13.3. The van der Waals surface area contributed by atoms with Crippen molar-refractivity contribution >= 4 is 11.3 Å². The van der Waals surface area contributed by atoms with Crippen molar-refractivity contribution in [2.45, 2.75) is 47.0 Å². The van der Waals surface area contributed by atoms with Crippen molar-refractivity contribution < 1.29 is 0 Å². The number of hydrogen-bond acceptors (Lipinski definition) is 4. The first-order valence-corrected chi connectivity index (χ1v) is 7.99. The smallest absolute Gasteiger partial charge is 0.267 e. The van der Waals surface area contributed by atoms with Gasteiger partial charge in [-0.2, -0.15) is 5.10 Å². The van der Waals surface area contributed by atoms with Crippen LogP contribution in [0.25, 0.3) is 10.6 Å². The fourth-order valence-corrected chi connectivity index (χ4v) is 3.26. The van der Waals surface area contributed by atoms with Gasteiger partial charge in [0.25, 0.3) is 5.56 Å². The molecule has 108 valence electrons. The highest BCUT2D eigenvalue weighted by atomic mass is 32.1. The van der Waals surface area contributed by atoms with Crippen molar-refractivity contribution in [3.63, 3.8) is 0 Å². The number of aromatic nitrogens is 3. The summed E-state index contributed by atoms with van der Waals surface area (Å²) in [6.07, 6.45) is 2.56. The first kappa shape index (κ1) is 14.9. The summed E-state index contributed by atoms with van der Waals surface area (Å²) >= 11 is 1.55. The van der Waals surface area contributed by atoms with Crippen molar-refractivity contribution in [3.8, 4) is 10.6 Å². The van der Waals surface area contributed by atoms with Gasteiger partial charge in [-0.1, -0.05) is 27.7 Å². The lowest BCUT2D eigenvalue weighted by atomic mass is 10.0. The van der Waals surface area contributed by atoms with Gasteiger partial charge in [0.2, 0.25) is 0 Å². The molecule has 0 radical (unpaired) electrons. The Balaban J connectivity index is 2.51. The summed E-state index contributed by atoms with van der Waals surface area (Å²) in [7, 11) is 0. The molecule has 0 aromatic carbocycles. The quantitative estimate of drug-likeness (QED) is 0.920. The molecule has 20 heavy (non-hydrogen) atoms. The standard InChI is InChI=1S/C15H21N3OS/c1-5-11-12(6-2)17-18-14(19)13(11)15-16-10(8-20-15)7-9(3)4/h8-9H,5-7H2,1-4H3,(H,18,19). The molecule has 0 saturated heterocycles. The molecule has 0 bridgehead atoms. The van der Waals surface area contributed by atoms with Crippen LogP contribution in [0.15, 0.2) is 10.2 Å². The zero-order valence-electron chi connectivity index (χ0n) is 12.5. The van der Waals surface area contributed by atoms with E-state index in [1.807, 2.05) is 0 Å². The van der Waals surface area contributed by atoms with Crippen LogP contribution >= 0.6 is 11.3 Å². The minimum absolute atomic E-state index is 0.135. The lowest BCUT2D eigenvalue weighted by Crippen LogP contribution is -2.16. The summed E-state index contributed by atoms with van der Waals surface area (Å²) in [5, 5.41) is 9.62. The lowest BCUT2D eigenvalue weighted by Gasteiger charge is -2.08. The Kier molecular flexibility index (Phi) is 4.70. The molecule has 0 spiro atoms. The van der Waals surface area contributed by atoms with Crippen LogP contribution < -0.4 is 5.56 Å². The highest BCUT2D eigenvalue weighted by Crippen LogP contribution is 2.26. The van der Waals surface area contributed by atoms with E-state index in [0.717, 1.165) is 41.2 Å². The largest absolute Gasteiger partial charge is 0.274 e. The van der Waals surface area contributed by atoms with Crippen molar-refractivity contribution in [2.24, 2.45) is 5.92 Å². The maximum Gasteiger partial charge on any atom is 0.274 e. The highest BCUT2D eigenvalue weighted by Gasteiger charge is 2.17. The van der Waals surface area contributed by atoms with Crippen LogP contribution in [-0.4, -0.2) is 15.2 Å². The van der Waals surface area contributed by atoms with Gasteiger partial charge >= 0.3 is 0 Å². The van der Waals surface area contributed by atoms with Gasteiger partial charge in [-0.05, 0) is 30.7 Å². The van der Waals surface area contributed by atoms with Gasteiger partial charge in [-0.15, -0.1) is 11.3 Å². The minimum Gasteiger partial charge on any atom is -0.267 e. The minimum atomic E-state index is -0.135. The fourth-order valence-electron chi connectivity index (χ4n) is 2.36. The van der Waals surface area contributed by atoms with Gasteiger partial charge in [-0.3, -0.25) is 4.79 Å². The zero-order chi connectivity index (χ0) is 14.7. The number of aryl methyl sites for hydroxylation is 1. The molecular formula is C15H21N3OS. The van der Waals surface area contributed by atoms with Crippen LogP contribution in [0.2, 0.25) is 0 Å². The predicted octanol–water partition coefficient (Wildman–Crippen LogP) is 3.22. The van der Waals surface area contributed by atoms with E-state index >= 15 is 0 Å². The third-order valence-electron chi connectivity index (χ3n) is 3.24. The number of H-pyrrole nitrogens is 1. The molecule has 0 aliphatic rings. The molecule has 0 saturated carbocycles. The van der Waals surface area contributed by atoms with Crippen molar-refractivity contribution in [3.05, 3.63) is 32.7 Å². The predicted molar refractivity (Wildman–Crippen MR) is 83.3 cm³/mol. The third-order valence-corrected chi connectivity index (χ3v) is 4.15. The highest BCUT2D eigenvalue weighted by molar-refractivity contribution is 7.13. The number of nitrogens with zero attached hydrogens (tertiary/aromatic N) is 2. The Bertz CT molecular complexity index is 643. The summed E-state index contributed by atoms with van der Waals surface area (Å²) < 4.78 is 0. The molecule has 2 aromatic rings. The van der Waals surface area contributed by atoms with Crippen LogP contribution in [0.5, 0.6) is 0 Å². The van der Waals surface area contributed by atoms with Crippen LogP contribution in [0.3, 0.4) is 0 Å². The number of thiazole rings is 1. The molecule has 0 unspecified atom stereocenters. The number of hydrogen-bond donors (Lipinski definition) is 1. The Morgan fingerprint density at radius 3 is 2.65 bits per heavy atom. The molecule has 1 N–H and O–H groups in total. The molecule has 0 aliphatic carbocycles. The Hall–Kier alpha value is -1.49. The fraction of sp³-hybridized carbons (Fsp3) is 0.533. The number of aromatic amines is 1. The second-order valence-electron chi connectivity index (χ2n) is 5.30. The van der Waals surface area contributed by atoms with E-state index in [4.69, 9.17) is 0 Å². The Labute approximate surface area is 123 Å². The van der Waals surface area contributed by atoms with Crippen LogP contribution in [-0.2, 0) is 19.3 Å². The average molecular weight is 291 g/mol. The first-order valence-electron chi connectivity index (χ1n) is 7.11. The van der Waals surface area contributed by atoms with Gasteiger partial charge in [0, 0.05) is 5.38 Å². The molecule has 2 aromatic heterocycles. The Morgan fingerprint density at radius 1 is 1.30 bits per heavy atom. The molecule has 5 heteroatoms. The normalized spacial score (nSPS) is 11.2. The van der Waals surface area contributed by atoms with Gasteiger partial charge in [0.15, 0.2) is 0 Å². The van der Waals surface area contributed by atoms with Crippen molar-refractivity contribution in [2.75, 3.05) is 0 Å². The van der Waals surface area contributed by atoms with E-state index in [0.29, 0.717) is 11.5 Å². The van der Waals surface area contributed by atoms with Crippen LogP contribution in [0.1, 0.15) is 44.6 Å². The third kappa shape index (κ3) is 2.98. The molecular weight excluding hydrogens is 270 g/mol. The molecule has 0 atom stereocenters. The maximum absolute atomic E-state index is 12.1. The first-order chi connectivity index (χ1) is 9.56. The van der Waals surface area contributed by atoms with Crippen LogP contribution in [0, 0.1) is 5.92 Å². The maximum atomic E-state index is 12.1. The van der Waals surface area contributed by atoms with E-state index in [1.165, 1.54) is 0 Å². The monoisotopic (exact) mass is 291 g/mol. The Morgan fingerprint density at radius 2 is 2.05 bits per heavy atom. The molecule has 0 aliphatic heterocycles. The van der Waals surface area contributed by atoms with Gasteiger partial charge in [0.05, 0.1) is 17.0 Å². The summed E-state index contributed by atoms with van der Waals surface area (Å²) in [5.41, 5.74) is 3.63. The van der Waals surface area contributed by atoms with Crippen molar-refractivity contribution in [1.29, 1.82) is 0 Å². The van der Waals surface area contributed by atoms with Crippen molar-refractivity contribution in [1.82, 2.24) is 15.2 Å². The number of rotatable bonds is 5. The van der Waals surface area contributed by atoms with E-state index < -0.39 is 0 Å². The summed E-state index contributed by atoms with van der Waals surface area (Å²) in [6.45, 7) is 8.45. The lowest BCUT2D eigenvalue weighted by molar-refractivity contribution is 0.638. The summed E-state index contributed by atoms with van der Waals surface area (Å²) in [4.78, 5) is 16.8. The van der Waals surface area contributed by atoms with Gasteiger partial charge in [0.1, 0.15) is 5.01 Å². The average Bonchev–Trinajstić information content (AvgIpc) is 2.85. The van der Waals surface area contributed by atoms with E-state index in [1.54, 1.807) is 11.3 Å². The molecule has 2 heterocycles. The second kappa shape index (κ2) is 6.31. The molecule has 4 nitrogen and oxygen atoms in total. The van der Waals surface area contributed by atoms with Gasteiger partial charge < -0.3 is 0 Å². The molecule has 0 amide bonds. The number of nitrogens with one attached hydrogen (secondary N) is 1. The van der Waals surface area contributed by atoms with Crippen LogP contribution in [0.4, 0.5) is 0 Å². The summed E-state index contributed by atoms with van der Waals surface area (Å²) in [5.74, 6) is 0.567. The summed E-state index contributed by atoms with van der Waals surface area (Å²) in [6, 6.07) is 0. The van der Waals surface area contributed by atoms with E-state index in [-0.39, 0.29) is 5.56 Å². The SMILES string of the molecule is CCc1n[nH]c(=O)c(-c2nc(CC(C)C)cs2)c1CC. The molecule has 2 rings (SSSR count). The second-order valence-corrected chi connectivity index (χ2v) is 6.16. The molecule has 0 fully saturated rings. The van der Waals surface area contributed by atoms with E-state index in [9.17, 15) is 4.79 Å².